The first-order valence-electron chi connectivity index (χ1n) is 3.56. The summed E-state index contributed by atoms with van der Waals surface area (Å²) in [6.45, 7) is 0. The van der Waals surface area contributed by atoms with Gasteiger partial charge in [0.05, 0.1) is 7.11 Å². The predicted molar refractivity (Wildman–Crippen MR) is 53.0 cm³/mol. The molecule has 0 unspecified atom stereocenters. The van der Waals surface area contributed by atoms with Crippen molar-refractivity contribution >= 4 is 22.6 Å². The molecule has 0 saturated heterocycles. The van der Waals surface area contributed by atoms with Gasteiger partial charge in [-0.1, -0.05) is 0 Å². The third-order valence-electron chi connectivity index (χ3n) is 1.36. The van der Waals surface area contributed by atoms with E-state index in [4.69, 9.17) is 0 Å². The molecule has 4 nitrogen and oxygen atoms in total. The molecule has 0 radical (unpaired) electrons. The zero-order valence-electron chi connectivity index (χ0n) is 7.31. The van der Waals surface area contributed by atoms with Gasteiger partial charge in [-0.25, -0.2) is 0 Å². The van der Waals surface area contributed by atoms with Gasteiger partial charge in [-0.15, -0.1) is 13.2 Å². The van der Waals surface area contributed by atoms with E-state index in [1.165, 1.54) is 22.6 Å². The van der Waals surface area contributed by atoms with Gasteiger partial charge in [-0.3, -0.25) is 4.79 Å². The molecule has 0 aromatic carbocycles. The normalized spacial score (nSPS) is 11.3. The summed E-state index contributed by atoms with van der Waals surface area (Å²) in [6.07, 6.45) is -4.83. The van der Waals surface area contributed by atoms with Crippen molar-refractivity contribution in [3.8, 4) is 11.5 Å². The summed E-state index contributed by atoms with van der Waals surface area (Å²) in [4.78, 5) is 13.1. The second-order valence-corrected chi connectivity index (χ2v) is 3.47. The molecule has 0 atom stereocenters. The van der Waals surface area contributed by atoms with Gasteiger partial charge < -0.3 is 14.5 Å². The van der Waals surface area contributed by atoms with Crippen LogP contribution < -0.4 is 15.0 Å². The number of halogens is 4. The maximum Gasteiger partial charge on any atom is 0.573 e. The minimum Gasteiger partial charge on any atom is -0.493 e. The summed E-state index contributed by atoms with van der Waals surface area (Å²) in [5, 5.41) is 0. The minimum absolute atomic E-state index is 0.0747. The number of alkyl halides is 3. The molecule has 1 N–H and O–H groups in total. The Hall–Kier alpha value is -0.930. The van der Waals surface area contributed by atoms with Crippen LogP contribution in [0.2, 0.25) is 0 Å². The zero-order valence-corrected chi connectivity index (χ0v) is 9.47. The number of H-pyrrole nitrogens is 1. The molecular formula is C7H5F3INO3. The number of hydrogen-bond donors (Lipinski definition) is 1. The van der Waals surface area contributed by atoms with Gasteiger partial charge in [-0.05, 0) is 22.6 Å². The van der Waals surface area contributed by atoms with Gasteiger partial charge >= 0.3 is 6.36 Å². The highest BCUT2D eigenvalue weighted by Crippen LogP contribution is 2.33. The van der Waals surface area contributed by atoms with Crippen molar-refractivity contribution in [1.82, 2.24) is 4.98 Å². The molecular weight excluding hydrogens is 330 g/mol. The van der Waals surface area contributed by atoms with Crippen molar-refractivity contribution in [3.05, 3.63) is 20.1 Å². The highest BCUT2D eigenvalue weighted by atomic mass is 127. The van der Waals surface area contributed by atoms with Gasteiger partial charge in [0.1, 0.15) is 3.70 Å². The lowest BCUT2D eigenvalue weighted by atomic mass is 10.4. The highest BCUT2D eigenvalue weighted by molar-refractivity contribution is 14.1. The van der Waals surface area contributed by atoms with E-state index in [-0.39, 0.29) is 9.45 Å². The van der Waals surface area contributed by atoms with Crippen LogP contribution in [0.1, 0.15) is 0 Å². The Morgan fingerprint density at radius 2 is 2.07 bits per heavy atom. The van der Waals surface area contributed by atoms with Crippen molar-refractivity contribution in [2.75, 3.05) is 7.11 Å². The molecule has 1 aromatic rings. The number of rotatable bonds is 2. The summed E-state index contributed by atoms with van der Waals surface area (Å²) in [6, 6.07) is 0.878. The molecule has 0 saturated carbocycles. The average molecular weight is 335 g/mol. The van der Waals surface area contributed by atoms with E-state index in [1.807, 2.05) is 0 Å². The molecule has 0 bridgehead atoms. The van der Waals surface area contributed by atoms with E-state index < -0.39 is 17.7 Å². The molecule has 0 aliphatic heterocycles. The Morgan fingerprint density at radius 3 is 2.53 bits per heavy atom. The largest absolute Gasteiger partial charge is 0.573 e. The molecule has 0 amide bonds. The van der Waals surface area contributed by atoms with Crippen molar-refractivity contribution in [1.29, 1.82) is 0 Å². The molecule has 1 aromatic heterocycles. The average Bonchev–Trinajstić information content (AvgIpc) is 2.07. The number of pyridine rings is 1. The third kappa shape index (κ3) is 3.29. The van der Waals surface area contributed by atoms with Gasteiger partial charge in [0, 0.05) is 6.07 Å². The predicted octanol–water partition coefficient (Wildman–Crippen LogP) is 1.89. The van der Waals surface area contributed by atoms with Crippen LogP contribution in [0.25, 0.3) is 0 Å². The molecule has 0 fully saturated rings. The zero-order chi connectivity index (χ0) is 11.6. The third-order valence-corrected chi connectivity index (χ3v) is 2.12. The van der Waals surface area contributed by atoms with Crippen LogP contribution >= 0.6 is 22.6 Å². The van der Waals surface area contributed by atoms with E-state index in [0.717, 1.165) is 13.2 Å². The maximum atomic E-state index is 12.0. The van der Waals surface area contributed by atoms with Crippen molar-refractivity contribution < 1.29 is 22.6 Å². The lowest BCUT2D eigenvalue weighted by Crippen LogP contribution is -2.20. The fourth-order valence-corrected chi connectivity index (χ4v) is 1.50. The Kier molecular flexibility index (Phi) is 3.47. The lowest BCUT2D eigenvalue weighted by molar-refractivity contribution is -0.275. The first kappa shape index (κ1) is 12.1. The van der Waals surface area contributed by atoms with Gasteiger partial charge in [-0.2, -0.15) is 0 Å². The van der Waals surface area contributed by atoms with Crippen molar-refractivity contribution in [2.24, 2.45) is 0 Å². The van der Waals surface area contributed by atoms with Crippen molar-refractivity contribution in [3.63, 3.8) is 0 Å². The van der Waals surface area contributed by atoms with Crippen LogP contribution in [-0.4, -0.2) is 18.5 Å². The number of ether oxygens (including phenoxy) is 2. The number of aromatic nitrogens is 1. The van der Waals surface area contributed by atoms with Crippen molar-refractivity contribution in [2.45, 2.75) is 6.36 Å². The number of aromatic amines is 1. The fourth-order valence-electron chi connectivity index (χ4n) is 0.856. The molecule has 0 aliphatic carbocycles. The Morgan fingerprint density at radius 1 is 1.47 bits per heavy atom. The fraction of sp³-hybridized carbons (Fsp3) is 0.286. The first-order valence-corrected chi connectivity index (χ1v) is 4.64. The quantitative estimate of drug-likeness (QED) is 0.663. The van der Waals surface area contributed by atoms with Gasteiger partial charge in [0.25, 0.3) is 5.56 Å². The SMILES string of the molecule is COc1cc(=O)[nH]c(I)c1OC(F)(F)F. The van der Waals surface area contributed by atoms with Crippen LogP contribution in [0.3, 0.4) is 0 Å². The Balaban J connectivity index is 3.21. The standard InChI is InChI=1S/C7H5F3INO3/c1-14-3-2-4(13)12-6(11)5(3)15-7(8,9)10/h2H,1H3,(H,12,13). The molecule has 15 heavy (non-hydrogen) atoms. The monoisotopic (exact) mass is 335 g/mol. The second-order valence-electron chi connectivity index (χ2n) is 2.39. The Bertz CT molecular complexity index is 415. The highest BCUT2D eigenvalue weighted by Gasteiger charge is 2.33. The topological polar surface area (TPSA) is 51.3 Å². The minimum atomic E-state index is -4.83. The van der Waals surface area contributed by atoms with Gasteiger partial charge in [0.15, 0.2) is 5.75 Å². The van der Waals surface area contributed by atoms with Crippen LogP contribution in [0, 0.1) is 3.70 Å². The molecule has 8 heteroatoms. The van der Waals surface area contributed by atoms with E-state index in [9.17, 15) is 18.0 Å². The van der Waals surface area contributed by atoms with Crippen LogP contribution in [-0.2, 0) is 0 Å². The van der Waals surface area contributed by atoms with E-state index in [0.29, 0.717) is 0 Å². The summed E-state index contributed by atoms with van der Waals surface area (Å²) in [5.41, 5.74) is -0.564. The second kappa shape index (κ2) is 4.29. The van der Waals surface area contributed by atoms with Gasteiger partial charge in [0.2, 0.25) is 5.75 Å². The van der Waals surface area contributed by atoms with E-state index in [2.05, 4.69) is 14.5 Å². The summed E-state index contributed by atoms with van der Waals surface area (Å²) >= 11 is 1.51. The smallest absolute Gasteiger partial charge is 0.493 e. The van der Waals surface area contributed by atoms with E-state index >= 15 is 0 Å². The summed E-state index contributed by atoms with van der Waals surface area (Å²) in [5.74, 6) is -0.814. The number of hydrogen-bond acceptors (Lipinski definition) is 3. The molecule has 1 heterocycles. The maximum absolute atomic E-state index is 12.0. The number of nitrogens with one attached hydrogen (secondary N) is 1. The van der Waals surface area contributed by atoms with Crippen LogP contribution in [0.5, 0.6) is 11.5 Å². The Labute approximate surface area is 95.5 Å². The summed E-state index contributed by atoms with van der Waals surface area (Å²) < 4.78 is 44.1. The molecule has 84 valence electrons. The van der Waals surface area contributed by atoms with Crippen LogP contribution in [0.4, 0.5) is 13.2 Å². The van der Waals surface area contributed by atoms with Crippen LogP contribution in [0.15, 0.2) is 10.9 Å². The summed E-state index contributed by atoms with van der Waals surface area (Å²) in [7, 11) is 1.15. The van der Waals surface area contributed by atoms with E-state index in [1.54, 1.807) is 0 Å². The molecule has 0 aliphatic rings. The first-order chi connectivity index (χ1) is 6.83. The number of methoxy groups -OCH3 is 1. The lowest BCUT2D eigenvalue weighted by Gasteiger charge is -2.13. The molecule has 1 rings (SSSR count). The molecule has 0 spiro atoms.